The van der Waals surface area contributed by atoms with Crippen LogP contribution in [0, 0.1) is 11.3 Å². The van der Waals surface area contributed by atoms with Gasteiger partial charge < -0.3 is 5.32 Å². The molecule has 2 aromatic heterocycles. The number of rotatable bonds is 3. The highest BCUT2D eigenvalue weighted by atomic mass is 15.2. The molecule has 0 atom stereocenters. The number of hydrogen-bond acceptors (Lipinski definition) is 5. The zero-order valence-corrected chi connectivity index (χ0v) is 7.81. The fourth-order valence-electron chi connectivity index (χ4n) is 1.10. The van der Waals surface area contributed by atoms with Crippen LogP contribution in [0.5, 0.6) is 0 Å². The molecule has 0 saturated carbocycles. The number of aromatic nitrogens is 4. The maximum Gasteiger partial charge on any atom is 0.143 e. The van der Waals surface area contributed by atoms with Gasteiger partial charge in [-0.05, 0) is 12.1 Å². The summed E-state index contributed by atoms with van der Waals surface area (Å²) in [6, 6.07) is 5.44. The smallest absolute Gasteiger partial charge is 0.143 e. The summed E-state index contributed by atoms with van der Waals surface area (Å²) in [5.74, 6) is 0.741. The number of nitriles is 1. The van der Waals surface area contributed by atoms with Crippen molar-refractivity contribution in [3.63, 3.8) is 0 Å². The maximum absolute atomic E-state index is 8.65. The first kappa shape index (κ1) is 9.15. The van der Waals surface area contributed by atoms with Crippen LogP contribution in [0.3, 0.4) is 0 Å². The van der Waals surface area contributed by atoms with Crippen LogP contribution in [0.4, 0.5) is 5.69 Å². The molecule has 0 spiro atoms. The van der Waals surface area contributed by atoms with Crippen molar-refractivity contribution >= 4 is 5.69 Å². The zero-order chi connectivity index (χ0) is 10.5. The predicted octanol–water partition coefficient (Wildman–Crippen LogP) is 0.683. The van der Waals surface area contributed by atoms with Gasteiger partial charge >= 0.3 is 0 Å². The second-order valence-corrected chi connectivity index (χ2v) is 2.83. The van der Waals surface area contributed by atoms with E-state index in [1.54, 1.807) is 18.3 Å². The largest absolute Gasteiger partial charge is 0.378 e. The van der Waals surface area contributed by atoms with Crippen LogP contribution in [0.2, 0.25) is 0 Å². The summed E-state index contributed by atoms with van der Waals surface area (Å²) in [5, 5.41) is 18.2. The fraction of sp³-hybridized carbons (Fsp3) is 0.111. The lowest BCUT2D eigenvalue weighted by Crippen LogP contribution is -2.01. The first-order valence-electron chi connectivity index (χ1n) is 4.33. The Labute approximate surface area is 86.0 Å². The van der Waals surface area contributed by atoms with Crippen molar-refractivity contribution in [1.29, 1.82) is 5.26 Å². The number of anilines is 1. The summed E-state index contributed by atoms with van der Waals surface area (Å²) in [5.41, 5.74) is 1.22. The molecular formula is C9H8N6. The van der Waals surface area contributed by atoms with E-state index in [1.165, 1.54) is 6.33 Å². The molecule has 6 heteroatoms. The first-order chi connectivity index (χ1) is 7.38. The van der Waals surface area contributed by atoms with E-state index in [2.05, 4.69) is 25.5 Å². The van der Waals surface area contributed by atoms with Gasteiger partial charge in [-0.25, -0.2) is 9.97 Å². The van der Waals surface area contributed by atoms with Gasteiger partial charge in [-0.3, -0.25) is 5.10 Å². The van der Waals surface area contributed by atoms with Crippen molar-refractivity contribution in [2.24, 2.45) is 0 Å². The Balaban J connectivity index is 2.02. The fourth-order valence-corrected chi connectivity index (χ4v) is 1.10. The minimum Gasteiger partial charge on any atom is -0.378 e. The molecule has 0 aliphatic carbocycles. The number of H-pyrrole nitrogens is 1. The Morgan fingerprint density at radius 3 is 3.13 bits per heavy atom. The molecule has 0 amide bonds. The summed E-state index contributed by atoms with van der Waals surface area (Å²) in [6.45, 7) is 0.537. The Hall–Kier alpha value is -2.42. The van der Waals surface area contributed by atoms with E-state index >= 15 is 0 Å². The molecule has 2 heterocycles. The van der Waals surface area contributed by atoms with E-state index in [0.29, 0.717) is 12.2 Å². The first-order valence-corrected chi connectivity index (χ1v) is 4.33. The van der Waals surface area contributed by atoms with E-state index in [4.69, 9.17) is 5.26 Å². The van der Waals surface area contributed by atoms with Crippen molar-refractivity contribution in [2.75, 3.05) is 5.32 Å². The van der Waals surface area contributed by atoms with E-state index in [0.717, 1.165) is 11.5 Å². The standard InChI is InChI=1S/C9H8N6/c10-4-8-3-7(1-2-11-8)12-5-9-13-6-14-15-9/h1-3,6H,5H2,(H,11,12)(H,13,14,15). The number of nitrogens with one attached hydrogen (secondary N) is 2. The van der Waals surface area contributed by atoms with Crippen molar-refractivity contribution < 1.29 is 0 Å². The summed E-state index contributed by atoms with van der Waals surface area (Å²) in [7, 11) is 0. The summed E-state index contributed by atoms with van der Waals surface area (Å²) < 4.78 is 0. The van der Waals surface area contributed by atoms with Gasteiger partial charge in [0, 0.05) is 11.9 Å². The van der Waals surface area contributed by atoms with Crippen LogP contribution < -0.4 is 5.32 Å². The molecular weight excluding hydrogens is 192 g/mol. The average molecular weight is 200 g/mol. The van der Waals surface area contributed by atoms with E-state index in [-0.39, 0.29) is 0 Å². The van der Waals surface area contributed by atoms with Crippen molar-refractivity contribution in [2.45, 2.75) is 6.54 Å². The molecule has 0 aromatic carbocycles. The highest BCUT2D eigenvalue weighted by Crippen LogP contribution is 2.07. The SMILES string of the molecule is N#Cc1cc(NCc2ncn[nH]2)ccn1. The van der Waals surface area contributed by atoms with Gasteiger partial charge in [-0.1, -0.05) is 0 Å². The summed E-state index contributed by atoms with van der Waals surface area (Å²) in [6.07, 6.45) is 3.03. The van der Waals surface area contributed by atoms with Gasteiger partial charge in [0.25, 0.3) is 0 Å². The molecule has 2 N–H and O–H groups in total. The van der Waals surface area contributed by atoms with Gasteiger partial charge in [0.05, 0.1) is 6.54 Å². The van der Waals surface area contributed by atoms with E-state index < -0.39 is 0 Å². The topological polar surface area (TPSA) is 90.3 Å². The molecule has 74 valence electrons. The van der Waals surface area contributed by atoms with Crippen molar-refractivity contribution in [3.05, 3.63) is 36.2 Å². The number of aromatic amines is 1. The Morgan fingerprint density at radius 1 is 1.47 bits per heavy atom. The highest BCUT2D eigenvalue weighted by Gasteiger charge is 1.97. The number of pyridine rings is 1. The van der Waals surface area contributed by atoms with E-state index in [1.807, 2.05) is 6.07 Å². The number of hydrogen-bond donors (Lipinski definition) is 2. The number of nitrogens with zero attached hydrogens (tertiary/aromatic N) is 4. The van der Waals surface area contributed by atoms with Crippen LogP contribution in [-0.2, 0) is 6.54 Å². The summed E-state index contributed by atoms with van der Waals surface area (Å²) in [4.78, 5) is 7.83. The third-order valence-corrected chi connectivity index (χ3v) is 1.80. The lowest BCUT2D eigenvalue weighted by atomic mass is 10.3. The molecule has 2 rings (SSSR count). The van der Waals surface area contributed by atoms with Crippen LogP contribution in [-0.4, -0.2) is 20.2 Å². The lowest BCUT2D eigenvalue weighted by molar-refractivity contribution is 0.954. The Morgan fingerprint density at radius 2 is 2.40 bits per heavy atom. The van der Waals surface area contributed by atoms with Crippen LogP contribution in [0.15, 0.2) is 24.7 Å². The van der Waals surface area contributed by atoms with Gasteiger partial charge in [0.1, 0.15) is 23.9 Å². The molecule has 15 heavy (non-hydrogen) atoms. The van der Waals surface area contributed by atoms with E-state index in [9.17, 15) is 0 Å². The zero-order valence-electron chi connectivity index (χ0n) is 7.81. The van der Waals surface area contributed by atoms with Crippen molar-refractivity contribution in [1.82, 2.24) is 20.2 Å². The predicted molar refractivity (Wildman–Crippen MR) is 52.7 cm³/mol. The van der Waals surface area contributed by atoms with Crippen LogP contribution >= 0.6 is 0 Å². The monoisotopic (exact) mass is 200 g/mol. The average Bonchev–Trinajstić information content (AvgIpc) is 2.79. The van der Waals surface area contributed by atoms with Crippen LogP contribution in [0.1, 0.15) is 11.5 Å². The molecule has 0 bridgehead atoms. The molecule has 6 nitrogen and oxygen atoms in total. The maximum atomic E-state index is 8.65. The minimum atomic E-state index is 0.387. The molecule has 0 unspecified atom stereocenters. The highest BCUT2D eigenvalue weighted by molar-refractivity contribution is 5.45. The normalized spacial score (nSPS) is 9.53. The molecule has 0 radical (unpaired) electrons. The second kappa shape index (κ2) is 4.19. The van der Waals surface area contributed by atoms with Gasteiger partial charge in [0.2, 0.25) is 0 Å². The van der Waals surface area contributed by atoms with Gasteiger partial charge in [0.15, 0.2) is 0 Å². The molecule has 2 aromatic rings. The third kappa shape index (κ3) is 2.28. The molecule has 0 aliphatic heterocycles. The molecule has 0 saturated heterocycles. The third-order valence-electron chi connectivity index (χ3n) is 1.80. The molecule has 0 aliphatic rings. The van der Waals surface area contributed by atoms with Gasteiger partial charge in [-0.15, -0.1) is 0 Å². The lowest BCUT2D eigenvalue weighted by Gasteiger charge is -2.02. The Bertz CT molecular complexity index is 470. The van der Waals surface area contributed by atoms with Crippen LogP contribution in [0.25, 0.3) is 0 Å². The van der Waals surface area contributed by atoms with Gasteiger partial charge in [-0.2, -0.15) is 10.4 Å². The summed E-state index contributed by atoms with van der Waals surface area (Å²) >= 11 is 0. The van der Waals surface area contributed by atoms with Crippen molar-refractivity contribution in [3.8, 4) is 6.07 Å². The second-order valence-electron chi connectivity index (χ2n) is 2.83. The minimum absolute atomic E-state index is 0.387. The molecule has 0 fully saturated rings. The Kier molecular flexibility index (Phi) is 2.56. The quantitative estimate of drug-likeness (QED) is 0.760.